The molecule has 0 aromatic carbocycles. The van der Waals surface area contributed by atoms with E-state index in [1.54, 1.807) is 11.3 Å². The molecule has 0 spiro atoms. The van der Waals surface area contributed by atoms with Gasteiger partial charge in [-0.15, -0.1) is 0 Å². The van der Waals surface area contributed by atoms with Gasteiger partial charge in [0.15, 0.2) is 5.12 Å². The molecule has 76 valence electrons. The van der Waals surface area contributed by atoms with E-state index in [1.807, 2.05) is 16.8 Å². The minimum atomic E-state index is -0.351. The van der Waals surface area contributed by atoms with Crippen LogP contribution in [-0.2, 0) is 20.9 Å². The van der Waals surface area contributed by atoms with Gasteiger partial charge in [-0.05, 0) is 16.8 Å². The third-order valence-electron chi connectivity index (χ3n) is 1.37. The normalized spacial score (nSPS) is 9.79. The van der Waals surface area contributed by atoms with E-state index in [0.717, 1.165) is 17.3 Å². The summed E-state index contributed by atoms with van der Waals surface area (Å²) in [5.41, 5.74) is 0.983. The van der Waals surface area contributed by atoms with Gasteiger partial charge in [0, 0.05) is 12.5 Å². The lowest BCUT2D eigenvalue weighted by molar-refractivity contribution is -0.141. The van der Waals surface area contributed by atoms with Crippen molar-refractivity contribution in [2.24, 2.45) is 0 Å². The van der Waals surface area contributed by atoms with Crippen LogP contribution in [0.4, 0.5) is 0 Å². The van der Waals surface area contributed by atoms with Crippen LogP contribution in [0, 0.1) is 0 Å². The van der Waals surface area contributed by atoms with E-state index in [1.165, 1.54) is 6.92 Å². The highest BCUT2D eigenvalue weighted by molar-refractivity contribution is 8.14. The minimum absolute atomic E-state index is 0.0718. The van der Waals surface area contributed by atoms with Crippen molar-refractivity contribution in [2.45, 2.75) is 13.5 Å². The van der Waals surface area contributed by atoms with Gasteiger partial charge in [0.05, 0.1) is 5.75 Å². The van der Waals surface area contributed by atoms with Gasteiger partial charge in [0.25, 0.3) is 0 Å². The van der Waals surface area contributed by atoms with E-state index in [0.29, 0.717) is 6.61 Å². The predicted molar refractivity (Wildman–Crippen MR) is 57.3 cm³/mol. The zero-order valence-corrected chi connectivity index (χ0v) is 9.32. The highest BCUT2D eigenvalue weighted by atomic mass is 32.2. The van der Waals surface area contributed by atoms with E-state index < -0.39 is 0 Å². The molecule has 5 heteroatoms. The Hall–Kier alpha value is -0.810. The summed E-state index contributed by atoms with van der Waals surface area (Å²) in [6, 6.07) is 1.90. The van der Waals surface area contributed by atoms with Crippen LogP contribution in [0.1, 0.15) is 12.5 Å². The van der Waals surface area contributed by atoms with Gasteiger partial charge in [-0.1, -0.05) is 11.8 Å². The SMILES string of the molecule is CC(=O)SCC(=O)OCc1ccsc1. The van der Waals surface area contributed by atoms with Crippen LogP contribution in [0.15, 0.2) is 16.8 Å². The van der Waals surface area contributed by atoms with Crippen LogP contribution in [0.3, 0.4) is 0 Å². The molecule has 0 bridgehead atoms. The molecule has 1 aromatic heterocycles. The Bertz CT molecular complexity index is 306. The number of hydrogen-bond acceptors (Lipinski definition) is 5. The molecule has 14 heavy (non-hydrogen) atoms. The fraction of sp³-hybridized carbons (Fsp3) is 0.333. The first-order valence-corrected chi connectivity index (χ1v) is 5.91. The van der Waals surface area contributed by atoms with E-state index in [4.69, 9.17) is 4.74 Å². The zero-order valence-electron chi connectivity index (χ0n) is 7.69. The molecule has 0 fully saturated rings. The van der Waals surface area contributed by atoms with Crippen molar-refractivity contribution < 1.29 is 14.3 Å². The Kier molecular flexibility index (Phi) is 4.69. The zero-order chi connectivity index (χ0) is 10.4. The van der Waals surface area contributed by atoms with Crippen molar-refractivity contribution in [3.8, 4) is 0 Å². The van der Waals surface area contributed by atoms with Crippen LogP contribution in [0.2, 0.25) is 0 Å². The maximum Gasteiger partial charge on any atom is 0.316 e. The van der Waals surface area contributed by atoms with Gasteiger partial charge in [-0.3, -0.25) is 9.59 Å². The summed E-state index contributed by atoms with van der Waals surface area (Å²) in [6.45, 7) is 1.72. The molecule has 3 nitrogen and oxygen atoms in total. The van der Waals surface area contributed by atoms with Crippen LogP contribution in [0.25, 0.3) is 0 Å². The summed E-state index contributed by atoms with van der Waals surface area (Å²) in [6.07, 6.45) is 0. The number of ether oxygens (including phenoxy) is 1. The van der Waals surface area contributed by atoms with E-state index in [9.17, 15) is 9.59 Å². The summed E-state index contributed by atoms with van der Waals surface area (Å²) >= 11 is 2.52. The van der Waals surface area contributed by atoms with Crippen molar-refractivity contribution in [2.75, 3.05) is 5.75 Å². The second-order valence-electron chi connectivity index (χ2n) is 2.57. The fourth-order valence-electron chi connectivity index (χ4n) is 0.741. The van der Waals surface area contributed by atoms with Gasteiger partial charge in [0.2, 0.25) is 0 Å². The first-order valence-electron chi connectivity index (χ1n) is 3.98. The molecule has 0 aliphatic carbocycles. The van der Waals surface area contributed by atoms with Crippen molar-refractivity contribution in [3.05, 3.63) is 22.4 Å². The molecule has 0 atom stereocenters. The Labute approximate surface area is 90.5 Å². The van der Waals surface area contributed by atoms with Gasteiger partial charge in [-0.25, -0.2) is 0 Å². The number of carbonyl (C=O) groups is 2. The Morgan fingerprint density at radius 2 is 2.36 bits per heavy atom. The number of rotatable bonds is 4. The first-order chi connectivity index (χ1) is 6.68. The number of thiophene rings is 1. The molecule has 0 unspecified atom stereocenters. The molecule has 0 aliphatic heterocycles. The van der Waals surface area contributed by atoms with Crippen molar-refractivity contribution in [3.63, 3.8) is 0 Å². The van der Waals surface area contributed by atoms with Crippen molar-refractivity contribution >= 4 is 34.2 Å². The van der Waals surface area contributed by atoms with Crippen LogP contribution >= 0.6 is 23.1 Å². The Morgan fingerprint density at radius 1 is 1.57 bits per heavy atom. The maximum atomic E-state index is 11.1. The molecular weight excluding hydrogens is 220 g/mol. The molecule has 0 radical (unpaired) electrons. The number of esters is 1. The highest BCUT2D eigenvalue weighted by Gasteiger charge is 2.05. The molecule has 0 aliphatic rings. The third kappa shape index (κ3) is 4.43. The second-order valence-corrected chi connectivity index (χ2v) is 4.50. The lowest BCUT2D eigenvalue weighted by Gasteiger charge is -2.01. The largest absolute Gasteiger partial charge is 0.460 e. The maximum absolute atomic E-state index is 11.1. The Balaban J connectivity index is 2.18. The van der Waals surface area contributed by atoms with Crippen molar-refractivity contribution in [1.82, 2.24) is 0 Å². The molecule has 0 saturated carbocycles. The molecule has 1 rings (SSSR count). The lowest BCUT2D eigenvalue weighted by Crippen LogP contribution is -2.07. The van der Waals surface area contributed by atoms with Gasteiger partial charge in [-0.2, -0.15) is 11.3 Å². The molecular formula is C9H10O3S2. The van der Waals surface area contributed by atoms with Crippen LogP contribution in [-0.4, -0.2) is 16.8 Å². The predicted octanol–water partition coefficient (Wildman–Crippen LogP) is 2.07. The second kappa shape index (κ2) is 5.82. The smallest absolute Gasteiger partial charge is 0.316 e. The standard InChI is InChI=1S/C9H10O3S2/c1-7(10)14-6-9(11)12-4-8-2-3-13-5-8/h2-3,5H,4,6H2,1H3. The summed E-state index contributed by atoms with van der Waals surface area (Å²) in [4.78, 5) is 21.6. The third-order valence-corrected chi connectivity index (χ3v) is 2.89. The lowest BCUT2D eigenvalue weighted by atomic mass is 10.4. The minimum Gasteiger partial charge on any atom is -0.460 e. The number of hydrogen-bond donors (Lipinski definition) is 0. The topological polar surface area (TPSA) is 43.4 Å². The summed E-state index contributed by atoms with van der Waals surface area (Å²) in [5, 5.41) is 3.77. The fourth-order valence-corrected chi connectivity index (χ4v) is 1.80. The summed E-state index contributed by atoms with van der Waals surface area (Å²) in [5.74, 6) is -0.254. The van der Waals surface area contributed by atoms with E-state index in [2.05, 4.69) is 0 Å². The molecule has 1 aromatic rings. The van der Waals surface area contributed by atoms with Crippen LogP contribution < -0.4 is 0 Å². The van der Waals surface area contributed by atoms with E-state index in [-0.39, 0.29) is 16.8 Å². The average Bonchev–Trinajstić information content (AvgIpc) is 2.63. The first kappa shape index (κ1) is 11.3. The highest BCUT2D eigenvalue weighted by Crippen LogP contribution is 2.08. The monoisotopic (exact) mass is 230 g/mol. The summed E-state index contributed by atoms with van der Waals surface area (Å²) in [7, 11) is 0. The van der Waals surface area contributed by atoms with Crippen LogP contribution in [0.5, 0.6) is 0 Å². The van der Waals surface area contributed by atoms with Gasteiger partial charge < -0.3 is 4.74 Å². The van der Waals surface area contributed by atoms with Crippen molar-refractivity contribution in [1.29, 1.82) is 0 Å². The molecule has 1 heterocycles. The quantitative estimate of drug-likeness (QED) is 0.743. The molecule has 0 N–H and O–H groups in total. The molecule has 0 amide bonds. The Morgan fingerprint density at radius 3 is 2.93 bits per heavy atom. The number of thioether (sulfide) groups is 1. The van der Waals surface area contributed by atoms with Gasteiger partial charge in [0.1, 0.15) is 6.61 Å². The number of carbonyl (C=O) groups excluding carboxylic acids is 2. The van der Waals surface area contributed by atoms with Gasteiger partial charge >= 0.3 is 5.97 Å². The van der Waals surface area contributed by atoms with E-state index >= 15 is 0 Å². The summed E-state index contributed by atoms with van der Waals surface area (Å²) < 4.78 is 4.93. The average molecular weight is 230 g/mol. The molecule has 0 saturated heterocycles.